The van der Waals surface area contributed by atoms with Crippen LogP contribution in [0.15, 0.2) is 24.3 Å². The molecule has 0 spiro atoms. The molecule has 2 N–H and O–H groups in total. The summed E-state index contributed by atoms with van der Waals surface area (Å²) in [6, 6.07) is 2.85. The van der Waals surface area contributed by atoms with E-state index in [4.69, 9.17) is 14.2 Å². The van der Waals surface area contributed by atoms with E-state index in [1.165, 1.54) is 33.5 Å². The van der Waals surface area contributed by atoms with E-state index in [1.807, 2.05) is 0 Å². The van der Waals surface area contributed by atoms with Crippen molar-refractivity contribution < 1.29 is 33.7 Å². The third kappa shape index (κ3) is 4.49. The van der Waals surface area contributed by atoms with Crippen LogP contribution in [-0.2, 0) is 9.59 Å². The lowest BCUT2D eigenvalue weighted by Gasteiger charge is -2.28. The Kier molecular flexibility index (Phi) is 6.64. The van der Waals surface area contributed by atoms with Gasteiger partial charge in [0, 0.05) is 17.5 Å². The van der Waals surface area contributed by atoms with Crippen LogP contribution in [0.2, 0.25) is 0 Å². The minimum atomic E-state index is -1.30. The van der Waals surface area contributed by atoms with Crippen molar-refractivity contribution in [2.24, 2.45) is 11.8 Å². The van der Waals surface area contributed by atoms with Gasteiger partial charge in [-0.15, -0.1) is 0 Å². The molecule has 1 aliphatic rings. The minimum Gasteiger partial charge on any atom is -0.550 e. The van der Waals surface area contributed by atoms with E-state index in [-0.39, 0.29) is 29.9 Å². The van der Waals surface area contributed by atoms with Gasteiger partial charge in [-0.2, -0.15) is 0 Å². The molecule has 0 aliphatic heterocycles. The van der Waals surface area contributed by atoms with Crippen LogP contribution in [0.25, 0.3) is 0 Å². The van der Waals surface area contributed by atoms with E-state index in [9.17, 15) is 19.5 Å². The average Bonchev–Trinajstić information content (AvgIpc) is 2.70. The van der Waals surface area contributed by atoms with Crippen molar-refractivity contribution >= 4 is 17.8 Å². The maximum atomic E-state index is 12.4. The van der Waals surface area contributed by atoms with Crippen molar-refractivity contribution in [1.82, 2.24) is 10.9 Å². The summed E-state index contributed by atoms with van der Waals surface area (Å²) in [6.45, 7) is 0. The van der Waals surface area contributed by atoms with Gasteiger partial charge in [0.25, 0.3) is 5.91 Å². The molecule has 0 fully saturated rings. The normalized spacial score (nSPS) is 18.3. The van der Waals surface area contributed by atoms with Gasteiger partial charge in [-0.05, 0) is 25.0 Å². The SMILES string of the molecule is COc1cc(C(=O)NNC(=O)[C@H]2CC=CC[C@H]2C(=O)[O-])cc(OC)c1OC. The van der Waals surface area contributed by atoms with Gasteiger partial charge in [-0.1, -0.05) is 12.2 Å². The minimum absolute atomic E-state index is 0.157. The third-order valence-electron chi connectivity index (χ3n) is 4.30. The molecule has 2 amide bonds. The van der Waals surface area contributed by atoms with E-state index < -0.39 is 29.6 Å². The second kappa shape index (κ2) is 8.93. The Morgan fingerprint density at radius 3 is 1.96 bits per heavy atom. The van der Waals surface area contributed by atoms with Gasteiger partial charge in [-0.3, -0.25) is 20.4 Å². The molecule has 0 saturated carbocycles. The standard InChI is InChI=1S/C18H22N2O7/c1-25-13-8-10(9-14(26-2)15(13)27-3)16(21)19-20-17(22)11-6-4-5-7-12(11)18(23)24/h4-5,8-9,11-12H,6-7H2,1-3H3,(H,19,21)(H,20,22)(H,23,24)/p-1/t11-,12+/m0/s1. The van der Waals surface area contributed by atoms with Crippen LogP contribution < -0.4 is 30.2 Å². The van der Waals surface area contributed by atoms with E-state index in [2.05, 4.69) is 10.9 Å². The Balaban J connectivity index is 2.10. The zero-order valence-corrected chi connectivity index (χ0v) is 15.2. The third-order valence-corrected chi connectivity index (χ3v) is 4.30. The number of ether oxygens (including phenoxy) is 3. The van der Waals surface area contributed by atoms with Crippen LogP contribution in [0.3, 0.4) is 0 Å². The van der Waals surface area contributed by atoms with Crippen LogP contribution >= 0.6 is 0 Å². The van der Waals surface area contributed by atoms with E-state index in [1.54, 1.807) is 12.2 Å². The number of nitrogens with one attached hydrogen (secondary N) is 2. The molecule has 0 saturated heterocycles. The van der Waals surface area contributed by atoms with Crippen LogP contribution in [0.1, 0.15) is 23.2 Å². The van der Waals surface area contributed by atoms with E-state index in [0.717, 1.165) is 0 Å². The first-order valence-corrected chi connectivity index (χ1v) is 8.19. The first kappa shape index (κ1) is 20.1. The molecule has 1 aromatic carbocycles. The molecular weight excluding hydrogens is 356 g/mol. The summed E-state index contributed by atoms with van der Waals surface area (Å²) < 4.78 is 15.5. The van der Waals surface area contributed by atoms with E-state index >= 15 is 0 Å². The molecule has 2 rings (SSSR count). The van der Waals surface area contributed by atoms with Crippen LogP contribution in [0, 0.1) is 11.8 Å². The van der Waals surface area contributed by atoms with Gasteiger partial charge in [0.05, 0.1) is 27.2 Å². The predicted molar refractivity (Wildman–Crippen MR) is 92.1 cm³/mol. The van der Waals surface area contributed by atoms with E-state index in [0.29, 0.717) is 5.75 Å². The lowest BCUT2D eigenvalue weighted by Crippen LogP contribution is -2.49. The highest BCUT2D eigenvalue weighted by atomic mass is 16.5. The number of carboxylic acid groups (broad SMARTS) is 1. The van der Waals surface area contributed by atoms with Crippen molar-refractivity contribution in [1.29, 1.82) is 0 Å². The number of benzene rings is 1. The van der Waals surface area contributed by atoms with Gasteiger partial charge >= 0.3 is 0 Å². The molecule has 0 aromatic heterocycles. The molecule has 9 nitrogen and oxygen atoms in total. The predicted octanol–water partition coefficient (Wildman–Crippen LogP) is -0.194. The second-order valence-corrected chi connectivity index (χ2v) is 5.83. The average molecular weight is 377 g/mol. The van der Waals surface area contributed by atoms with Crippen LogP contribution in [-0.4, -0.2) is 39.1 Å². The highest BCUT2D eigenvalue weighted by Crippen LogP contribution is 2.38. The first-order chi connectivity index (χ1) is 12.9. The summed E-state index contributed by atoms with van der Waals surface area (Å²) in [6.07, 6.45) is 3.88. The second-order valence-electron chi connectivity index (χ2n) is 5.83. The molecule has 0 unspecified atom stereocenters. The largest absolute Gasteiger partial charge is 0.550 e. The number of hydrazine groups is 1. The van der Waals surface area contributed by atoms with Gasteiger partial charge in [0.15, 0.2) is 11.5 Å². The van der Waals surface area contributed by atoms with Crippen LogP contribution in [0.5, 0.6) is 17.2 Å². The molecule has 9 heteroatoms. The van der Waals surface area contributed by atoms with Crippen molar-refractivity contribution in [3.8, 4) is 17.2 Å². The molecule has 27 heavy (non-hydrogen) atoms. The zero-order valence-electron chi connectivity index (χ0n) is 15.2. The number of hydrogen-bond donors (Lipinski definition) is 2. The number of allylic oxidation sites excluding steroid dienone is 2. The first-order valence-electron chi connectivity index (χ1n) is 8.19. The lowest BCUT2D eigenvalue weighted by molar-refractivity contribution is -0.313. The summed E-state index contributed by atoms with van der Waals surface area (Å²) in [4.78, 5) is 35.8. The summed E-state index contributed by atoms with van der Waals surface area (Å²) in [5.74, 6) is -3.39. The smallest absolute Gasteiger partial charge is 0.269 e. The number of methoxy groups -OCH3 is 3. The fourth-order valence-electron chi connectivity index (χ4n) is 2.86. The molecule has 2 atom stereocenters. The number of rotatable bonds is 6. The number of carbonyl (C=O) groups is 3. The Bertz CT molecular complexity index is 735. The fourth-order valence-corrected chi connectivity index (χ4v) is 2.86. The summed E-state index contributed by atoms with van der Waals surface area (Å²) in [5, 5.41) is 11.2. The lowest BCUT2D eigenvalue weighted by atomic mass is 9.82. The molecule has 0 bridgehead atoms. The number of hydrogen-bond acceptors (Lipinski definition) is 7. The quantitative estimate of drug-likeness (QED) is 0.519. The molecule has 1 aromatic rings. The maximum Gasteiger partial charge on any atom is 0.269 e. The summed E-state index contributed by atoms with van der Waals surface area (Å²) >= 11 is 0. The Morgan fingerprint density at radius 1 is 0.926 bits per heavy atom. The number of carbonyl (C=O) groups excluding carboxylic acids is 3. The fraction of sp³-hybridized carbons (Fsp3) is 0.389. The van der Waals surface area contributed by atoms with Crippen molar-refractivity contribution in [2.75, 3.05) is 21.3 Å². The highest BCUT2D eigenvalue weighted by molar-refractivity contribution is 5.97. The van der Waals surface area contributed by atoms with Gasteiger partial charge in [-0.25, -0.2) is 0 Å². The van der Waals surface area contributed by atoms with Crippen LogP contribution in [0.4, 0.5) is 0 Å². The Morgan fingerprint density at radius 2 is 1.48 bits per heavy atom. The van der Waals surface area contributed by atoms with Crippen molar-refractivity contribution in [2.45, 2.75) is 12.8 Å². The topological polar surface area (TPSA) is 126 Å². The molecule has 0 heterocycles. The zero-order chi connectivity index (χ0) is 20.0. The number of amides is 2. The number of carboxylic acids is 1. The van der Waals surface area contributed by atoms with Gasteiger partial charge < -0.3 is 24.1 Å². The van der Waals surface area contributed by atoms with Gasteiger partial charge in [0.1, 0.15) is 0 Å². The Labute approximate surface area is 156 Å². The molecule has 146 valence electrons. The molecule has 0 radical (unpaired) electrons. The monoisotopic (exact) mass is 377 g/mol. The van der Waals surface area contributed by atoms with Crippen molar-refractivity contribution in [3.63, 3.8) is 0 Å². The molecular formula is C18H21N2O7-. The maximum absolute atomic E-state index is 12.4. The number of aliphatic carboxylic acids is 1. The Hall–Kier alpha value is -3.23. The molecule has 1 aliphatic carbocycles. The van der Waals surface area contributed by atoms with Crippen molar-refractivity contribution in [3.05, 3.63) is 29.8 Å². The summed E-state index contributed by atoms with van der Waals surface area (Å²) in [5.41, 5.74) is 4.69. The summed E-state index contributed by atoms with van der Waals surface area (Å²) in [7, 11) is 4.27. The highest BCUT2D eigenvalue weighted by Gasteiger charge is 2.30. The van der Waals surface area contributed by atoms with Gasteiger partial charge in [0.2, 0.25) is 11.7 Å².